The molecule has 0 saturated heterocycles. The van der Waals surface area contributed by atoms with Gasteiger partial charge in [-0.25, -0.2) is 4.68 Å². The molecule has 1 heterocycles. The number of aromatic nitrogens is 4. The van der Waals surface area contributed by atoms with E-state index in [1.165, 1.54) is 11.8 Å². The second-order valence-electron chi connectivity index (χ2n) is 4.55. The number of nitrogens with zero attached hydrogens (tertiary/aromatic N) is 4. The molecule has 1 aliphatic carbocycles. The zero-order valence-electron chi connectivity index (χ0n) is 11.0. The van der Waals surface area contributed by atoms with Crippen LogP contribution in [0.25, 0.3) is 0 Å². The second-order valence-corrected chi connectivity index (χ2v) is 5.49. The fraction of sp³-hybridized carbons (Fsp3) is 0.385. The topological polar surface area (TPSA) is 69.9 Å². The van der Waals surface area contributed by atoms with Gasteiger partial charge in [-0.05, 0) is 35.4 Å². The molecule has 0 atom stereocenters. The van der Waals surface area contributed by atoms with E-state index in [9.17, 15) is 4.79 Å². The van der Waals surface area contributed by atoms with Gasteiger partial charge in [0.15, 0.2) is 5.78 Å². The summed E-state index contributed by atoms with van der Waals surface area (Å²) in [5.74, 6) is 0.908. The fourth-order valence-corrected chi connectivity index (χ4v) is 2.74. The summed E-state index contributed by atoms with van der Waals surface area (Å²) < 4.78 is 7.01. The number of hydrogen-bond acceptors (Lipinski definition) is 6. The molecule has 104 valence electrons. The number of benzene rings is 1. The molecule has 0 N–H and O–H groups in total. The van der Waals surface area contributed by atoms with Crippen molar-refractivity contribution in [3.63, 3.8) is 0 Å². The van der Waals surface area contributed by atoms with E-state index in [1.807, 2.05) is 12.1 Å². The Morgan fingerprint density at radius 1 is 1.45 bits per heavy atom. The highest BCUT2D eigenvalue weighted by Crippen LogP contribution is 2.36. The monoisotopic (exact) mass is 290 g/mol. The number of para-hydroxylation sites is 1. The minimum atomic E-state index is 0.0118. The minimum absolute atomic E-state index is 0.0118. The van der Waals surface area contributed by atoms with Crippen LogP contribution in [0.4, 0.5) is 0 Å². The van der Waals surface area contributed by atoms with Crippen molar-refractivity contribution in [2.75, 3.05) is 12.9 Å². The van der Waals surface area contributed by atoms with Crippen molar-refractivity contribution in [2.45, 2.75) is 24.0 Å². The van der Waals surface area contributed by atoms with Crippen LogP contribution in [-0.4, -0.2) is 38.9 Å². The first kappa shape index (κ1) is 13.1. The molecule has 0 radical (unpaired) electrons. The summed E-state index contributed by atoms with van der Waals surface area (Å²) in [4.78, 5) is 12.2. The van der Waals surface area contributed by atoms with Crippen LogP contribution < -0.4 is 4.74 Å². The largest absolute Gasteiger partial charge is 0.496 e. The van der Waals surface area contributed by atoms with Crippen LogP contribution in [0.5, 0.6) is 5.75 Å². The van der Waals surface area contributed by atoms with Crippen LogP contribution in [0.1, 0.15) is 29.2 Å². The average Bonchev–Trinajstić information content (AvgIpc) is 3.23. The Morgan fingerprint density at radius 2 is 2.25 bits per heavy atom. The lowest BCUT2D eigenvalue weighted by Crippen LogP contribution is -2.06. The summed E-state index contributed by atoms with van der Waals surface area (Å²) in [5, 5.41) is 12.3. The van der Waals surface area contributed by atoms with E-state index in [0.29, 0.717) is 28.3 Å². The van der Waals surface area contributed by atoms with Gasteiger partial charge in [-0.2, -0.15) is 0 Å². The van der Waals surface area contributed by atoms with E-state index in [0.717, 1.165) is 12.8 Å². The SMILES string of the molecule is COc1ccccc1C(=O)CSc1nnnn1C1CC1. The van der Waals surface area contributed by atoms with Gasteiger partial charge < -0.3 is 4.74 Å². The zero-order chi connectivity index (χ0) is 13.9. The van der Waals surface area contributed by atoms with Crippen LogP contribution in [0.2, 0.25) is 0 Å². The van der Waals surface area contributed by atoms with Crippen molar-refractivity contribution < 1.29 is 9.53 Å². The standard InChI is InChI=1S/C13H14N4O2S/c1-19-12-5-3-2-4-10(12)11(18)8-20-13-14-15-16-17(13)9-6-7-9/h2-5,9H,6-8H2,1H3. The predicted octanol–water partition coefficient (Wildman–Crippen LogP) is 1.99. The van der Waals surface area contributed by atoms with Gasteiger partial charge in [0, 0.05) is 0 Å². The van der Waals surface area contributed by atoms with Gasteiger partial charge in [0.1, 0.15) is 5.75 Å². The Balaban J connectivity index is 1.68. The zero-order valence-corrected chi connectivity index (χ0v) is 11.8. The van der Waals surface area contributed by atoms with Crippen molar-refractivity contribution in [1.82, 2.24) is 20.2 Å². The molecule has 1 aromatic heterocycles. The predicted molar refractivity (Wildman–Crippen MR) is 74.1 cm³/mol. The number of carbonyl (C=O) groups excluding carboxylic acids is 1. The van der Waals surface area contributed by atoms with Crippen molar-refractivity contribution in [1.29, 1.82) is 0 Å². The summed E-state index contributed by atoms with van der Waals surface area (Å²) in [6.45, 7) is 0. The first-order valence-corrected chi connectivity index (χ1v) is 7.35. The van der Waals surface area contributed by atoms with Gasteiger partial charge >= 0.3 is 0 Å². The van der Waals surface area contributed by atoms with E-state index in [4.69, 9.17) is 4.74 Å². The van der Waals surface area contributed by atoms with Crippen LogP contribution >= 0.6 is 11.8 Å². The lowest BCUT2D eigenvalue weighted by molar-refractivity contribution is 0.101. The average molecular weight is 290 g/mol. The van der Waals surface area contributed by atoms with Crippen LogP contribution in [0, 0.1) is 0 Å². The number of Topliss-reactive ketones (excluding diaryl/α,β-unsaturated/α-hetero) is 1. The van der Waals surface area contributed by atoms with Crippen LogP contribution in [0.3, 0.4) is 0 Å². The van der Waals surface area contributed by atoms with Crippen molar-refractivity contribution >= 4 is 17.5 Å². The number of methoxy groups -OCH3 is 1. The lowest BCUT2D eigenvalue weighted by Gasteiger charge is -2.06. The number of rotatable bonds is 6. The number of hydrogen-bond donors (Lipinski definition) is 0. The van der Waals surface area contributed by atoms with E-state index in [-0.39, 0.29) is 5.78 Å². The van der Waals surface area contributed by atoms with E-state index in [1.54, 1.807) is 23.9 Å². The molecule has 0 bridgehead atoms. The maximum atomic E-state index is 12.2. The Bertz CT molecular complexity index is 624. The Labute approximate surface area is 120 Å². The van der Waals surface area contributed by atoms with E-state index in [2.05, 4.69) is 15.5 Å². The highest BCUT2D eigenvalue weighted by Gasteiger charge is 2.28. The van der Waals surface area contributed by atoms with E-state index < -0.39 is 0 Å². The second kappa shape index (κ2) is 5.62. The van der Waals surface area contributed by atoms with E-state index >= 15 is 0 Å². The molecule has 0 amide bonds. The maximum Gasteiger partial charge on any atom is 0.210 e. The van der Waals surface area contributed by atoms with Gasteiger partial charge in [-0.15, -0.1) is 5.10 Å². The number of ketones is 1. The number of ether oxygens (including phenoxy) is 1. The number of carbonyl (C=O) groups is 1. The third-order valence-corrected chi connectivity index (χ3v) is 4.03. The first-order chi connectivity index (χ1) is 9.79. The Morgan fingerprint density at radius 3 is 3.00 bits per heavy atom. The molecule has 3 rings (SSSR count). The molecular formula is C13H14N4O2S. The summed E-state index contributed by atoms with van der Waals surface area (Å²) in [6, 6.07) is 7.64. The summed E-state index contributed by atoms with van der Waals surface area (Å²) in [5.41, 5.74) is 0.591. The molecule has 1 fully saturated rings. The number of thioether (sulfide) groups is 1. The molecule has 6 nitrogen and oxygen atoms in total. The van der Waals surface area contributed by atoms with Crippen molar-refractivity contribution in [2.24, 2.45) is 0 Å². The molecule has 1 aromatic carbocycles. The molecule has 0 aliphatic heterocycles. The first-order valence-electron chi connectivity index (χ1n) is 6.36. The molecule has 1 saturated carbocycles. The normalized spacial score (nSPS) is 14.2. The lowest BCUT2D eigenvalue weighted by atomic mass is 10.1. The quantitative estimate of drug-likeness (QED) is 0.598. The van der Waals surface area contributed by atoms with Crippen LogP contribution in [0.15, 0.2) is 29.4 Å². The van der Waals surface area contributed by atoms with Crippen LogP contribution in [-0.2, 0) is 0 Å². The molecule has 0 spiro atoms. The van der Waals surface area contributed by atoms with Crippen molar-refractivity contribution in [3.8, 4) is 5.75 Å². The highest BCUT2D eigenvalue weighted by molar-refractivity contribution is 7.99. The van der Waals surface area contributed by atoms with Gasteiger partial charge in [-0.3, -0.25) is 4.79 Å². The summed E-state index contributed by atoms with van der Waals surface area (Å²) >= 11 is 1.37. The molecule has 20 heavy (non-hydrogen) atoms. The fourth-order valence-electron chi connectivity index (χ4n) is 1.91. The highest BCUT2D eigenvalue weighted by atomic mass is 32.2. The van der Waals surface area contributed by atoms with Gasteiger partial charge in [0.05, 0.1) is 24.5 Å². The molecule has 0 unspecified atom stereocenters. The third-order valence-electron chi connectivity index (χ3n) is 3.10. The van der Waals surface area contributed by atoms with Gasteiger partial charge in [-0.1, -0.05) is 23.9 Å². The molecule has 1 aliphatic rings. The molecule has 7 heteroatoms. The molecular weight excluding hydrogens is 276 g/mol. The third kappa shape index (κ3) is 2.67. The number of tetrazole rings is 1. The Hall–Kier alpha value is -1.89. The summed E-state index contributed by atoms with van der Waals surface area (Å²) in [6.07, 6.45) is 2.22. The van der Waals surface area contributed by atoms with Crippen molar-refractivity contribution in [3.05, 3.63) is 29.8 Å². The maximum absolute atomic E-state index is 12.2. The van der Waals surface area contributed by atoms with Gasteiger partial charge in [0.2, 0.25) is 5.16 Å². The molecule has 2 aromatic rings. The summed E-state index contributed by atoms with van der Waals surface area (Å²) in [7, 11) is 1.56. The smallest absolute Gasteiger partial charge is 0.210 e. The van der Waals surface area contributed by atoms with Gasteiger partial charge in [0.25, 0.3) is 0 Å². The Kier molecular flexibility index (Phi) is 3.68. The minimum Gasteiger partial charge on any atom is -0.496 e.